The molecule has 35 heavy (non-hydrogen) atoms. The molecule has 3 N–H and O–H groups in total. The lowest BCUT2D eigenvalue weighted by molar-refractivity contribution is -0.141. The summed E-state index contributed by atoms with van der Waals surface area (Å²) in [5.41, 5.74) is 4.25. The molecule has 0 aliphatic heterocycles. The zero-order valence-corrected chi connectivity index (χ0v) is 20.5. The van der Waals surface area contributed by atoms with E-state index in [9.17, 15) is 22.8 Å². The highest BCUT2D eigenvalue weighted by Crippen LogP contribution is 2.44. The van der Waals surface area contributed by atoms with Gasteiger partial charge in [-0.25, -0.2) is 13.2 Å². The highest BCUT2D eigenvalue weighted by atomic mass is 32.2. The normalized spacial score (nSPS) is 14.3. The van der Waals surface area contributed by atoms with E-state index >= 15 is 0 Å². The van der Waals surface area contributed by atoms with Crippen molar-refractivity contribution in [2.24, 2.45) is 5.92 Å². The Balaban J connectivity index is 1.63. The molecule has 0 heterocycles. The van der Waals surface area contributed by atoms with Crippen LogP contribution in [0.4, 0.5) is 4.79 Å². The molecule has 0 saturated carbocycles. The number of aliphatic carboxylic acids is 1. The van der Waals surface area contributed by atoms with Crippen LogP contribution in [0.5, 0.6) is 0 Å². The second-order valence-corrected chi connectivity index (χ2v) is 11.0. The van der Waals surface area contributed by atoms with Crippen LogP contribution in [0, 0.1) is 5.92 Å². The Hall–Kier alpha value is -3.40. The number of carboxylic acids is 1. The first-order valence-electron chi connectivity index (χ1n) is 11.4. The van der Waals surface area contributed by atoms with Crippen LogP contribution in [-0.4, -0.2) is 62.7 Å². The lowest BCUT2D eigenvalue weighted by atomic mass is 9.98. The summed E-state index contributed by atoms with van der Waals surface area (Å²) in [6.07, 6.45) is 0.275. The van der Waals surface area contributed by atoms with Crippen molar-refractivity contribution in [2.75, 3.05) is 25.2 Å². The summed E-state index contributed by atoms with van der Waals surface area (Å²) in [6, 6.07) is 14.6. The molecule has 0 bridgehead atoms. The summed E-state index contributed by atoms with van der Waals surface area (Å²) in [4.78, 5) is 36.2. The van der Waals surface area contributed by atoms with Crippen LogP contribution >= 0.6 is 0 Å². The molecule has 2 atom stereocenters. The molecule has 3 rings (SSSR count). The van der Waals surface area contributed by atoms with Gasteiger partial charge in [-0.1, -0.05) is 55.5 Å². The number of carbonyl (C=O) groups is 3. The van der Waals surface area contributed by atoms with E-state index in [4.69, 9.17) is 9.84 Å². The highest BCUT2D eigenvalue weighted by molar-refractivity contribution is 7.90. The Labute approximate surface area is 204 Å². The molecular formula is C25H30N2O7S. The van der Waals surface area contributed by atoms with Gasteiger partial charge in [-0.2, -0.15) is 0 Å². The molecule has 10 heteroatoms. The quantitative estimate of drug-likeness (QED) is 0.429. The molecule has 2 aromatic carbocycles. The summed E-state index contributed by atoms with van der Waals surface area (Å²) < 4.78 is 28.7. The number of hydrogen-bond donors (Lipinski definition) is 3. The number of nitrogens with one attached hydrogen (secondary N) is 2. The standard InChI is InChI=1S/C25H30N2O7S/c1-16(24(29)30)11-13-26-23(28)22(12-14-35(2,32)33)27-25(31)34-15-21-19-9-5-3-7-17(19)18-8-4-6-10-20(18)21/h3-10,16,21-22H,11-15H2,1-2H3,(H,26,28)(H,27,31)(H,29,30). The number of amides is 2. The van der Waals surface area contributed by atoms with Gasteiger partial charge in [0.1, 0.15) is 22.5 Å². The van der Waals surface area contributed by atoms with E-state index in [-0.39, 0.29) is 37.7 Å². The van der Waals surface area contributed by atoms with Gasteiger partial charge < -0.3 is 20.5 Å². The van der Waals surface area contributed by atoms with Crippen molar-refractivity contribution >= 4 is 27.8 Å². The molecular weight excluding hydrogens is 472 g/mol. The van der Waals surface area contributed by atoms with Crippen LogP contribution in [0.2, 0.25) is 0 Å². The summed E-state index contributed by atoms with van der Waals surface area (Å²) in [7, 11) is -3.38. The van der Waals surface area contributed by atoms with E-state index < -0.39 is 39.8 Å². The molecule has 0 saturated heterocycles. The van der Waals surface area contributed by atoms with Crippen LogP contribution in [0.3, 0.4) is 0 Å². The number of ether oxygens (including phenoxy) is 1. The molecule has 1 aliphatic carbocycles. The zero-order chi connectivity index (χ0) is 25.6. The maximum atomic E-state index is 12.6. The molecule has 0 spiro atoms. The first-order valence-corrected chi connectivity index (χ1v) is 13.4. The topological polar surface area (TPSA) is 139 Å². The third kappa shape index (κ3) is 7.05. The molecule has 2 unspecified atom stereocenters. The summed E-state index contributed by atoms with van der Waals surface area (Å²) in [5.74, 6) is -2.70. The van der Waals surface area contributed by atoms with Crippen molar-refractivity contribution in [3.8, 4) is 11.1 Å². The van der Waals surface area contributed by atoms with Gasteiger partial charge in [0.15, 0.2) is 0 Å². The molecule has 0 radical (unpaired) electrons. The van der Waals surface area contributed by atoms with Crippen LogP contribution in [-0.2, 0) is 24.2 Å². The number of rotatable bonds is 11. The minimum atomic E-state index is -3.38. The average Bonchev–Trinajstić information content (AvgIpc) is 3.13. The Morgan fingerprint density at radius 3 is 2.11 bits per heavy atom. The van der Waals surface area contributed by atoms with Gasteiger partial charge in [0, 0.05) is 18.7 Å². The highest BCUT2D eigenvalue weighted by Gasteiger charge is 2.30. The second-order valence-electron chi connectivity index (χ2n) is 8.76. The lowest BCUT2D eigenvalue weighted by Crippen LogP contribution is -2.48. The zero-order valence-electron chi connectivity index (χ0n) is 19.7. The average molecular weight is 503 g/mol. The van der Waals surface area contributed by atoms with E-state index in [1.54, 1.807) is 0 Å². The monoisotopic (exact) mass is 502 g/mol. The fraction of sp³-hybridized carbons (Fsp3) is 0.400. The molecule has 0 aromatic heterocycles. The summed E-state index contributed by atoms with van der Waals surface area (Å²) in [5, 5.41) is 14.0. The number of benzene rings is 2. The predicted molar refractivity (Wildman–Crippen MR) is 131 cm³/mol. The number of carboxylic acid groups (broad SMARTS) is 1. The SMILES string of the molecule is CC(CCNC(=O)C(CCS(C)(=O)=O)NC(=O)OCC1c2ccccc2-c2ccccc21)C(=O)O. The van der Waals surface area contributed by atoms with E-state index in [1.165, 1.54) is 6.92 Å². The van der Waals surface area contributed by atoms with Crippen LogP contribution in [0.15, 0.2) is 48.5 Å². The predicted octanol–water partition coefficient (Wildman–Crippen LogP) is 2.56. The summed E-state index contributed by atoms with van der Waals surface area (Å²) >= 11 is 0. The van der Waals surface area contributed by atoms with Gasteiger partial charge in [0.2, 0.25) is 5.91 Å². The van der Waals surface area contributed by atoms with Gasteiger partial charge in [-0.3, -0.25) is 9.59 Å². The van der Waals surface area contributed by atoms with Gasteiger partial charge >= 0.3 is 12.1 Å². The van der Waals surface area contributed by atoms with Crippen molar-refractivity contribution in [2.45, 2.75) is 31.7 Å². The van der Waals surface area contributed by atoms with Crippen molar-refractivity contribution in [3.05, 3.63) is 59.7 Å². The van der Waals surface area contributed by atoms with Gasteiger partial charge in [-0.05, 0) is 35.1 Å². The van der Waals surface area contributed by atoms with E-state index in [2.05, 4.69) is 10.6 Å². The van der Waals surface area contributed by atoms with E-state index in [0.717, 1.165) is 28.5 Å². The third-order valence-corrected chi connectivity index (χ3v) is 7.01. The smallest absolute Gasteiger partial charge is 0.407 e. The van der Waals surface area contributed by atoms with Crippen molar-refractivity contribution in [3.63, 3.8) is 0 Å². The van der Waals surface area contributed by atoms with E-state index in [1.807, 2.05) is 48.5 Å². The van der Waals surface area contributed by atoms with Gasteiger partial charge in [0.05, 0.1) is 11.7 Å². The Kier molecular flexibility index (Phi) is 8.50. The van der Waals surface area contributed by atoms with Crippen LogP contribution in [0.1, 0.15) is 36.8 Å². The third-order valence-electron chi connectivity index (χ3n) is 6.03. The maximum Gasteiger partial charge on any atom is 0.407 e. The fourth-order valence-corrected chi connectivity index (χ4v) is 4.71. The molecule has 0 fully saturated rings. The minimum absolute atomic E-state index is 0.0520. The number of sulfone groups is 1. The van der Waals surface area contributed by atoms with Crippen molar-refractivity contribution in [1.29, 1.82) is 0 Å². The second kappa shape index (κ2) is 11.4. The fourth-order valence-electron chi connectivity index (χ4n) is 4.04. The molecule has 1 aliphatic rings. The minimum Gasteiger partial charge on any atom is -0.481 e. The lowest BCUT2D eigenvalue weighted by Gasteiger charge is -2.20. The van der Waals surface area contributed by atoms with Gasteiger partial charge in [0.25, 0.3) is 0 Å². The number of carbonyl (C=O) groups excluding carboxylic acids is 2. The molecule has 9 nitrogen and oxygen atoms in total. The molecule has 2 amide bonds. The van der Waals surface area contributed by atoms with Crippen molar-refractivity contribution in [1.82, 2.24) is 10.6 Å². The van der Waals surface area contributed by atoms with Crippen molar-refractivity contribution < 1.29 is 32.6 Å². The maximum absolute atomic E-state index is 12.6. The Bertz CT molecular complexity index is 1150. The number of fused-ring (bicyclic) bond motifs is 3. The van der Waals surface area contributed by atoms with Gasteiger partial charge in [-0.15, -0.1) is 0 Å². The van der Waals surface area contributed by atoms with Crippen LogP contribution in [0.25, 0.3) is 11.1 Å². The molecule has 2 aromatic rings. The molecule has 188 valence electrons. The largest absolute Gasteiger partial charge is 0.481 e. The Morgan fingerprint density at radius 1 is 1.00 bits per heavy atom. The Morgan fingerprint density at radius 2 is 1.57 bits per heavy atom. The summed E-state index contributed by atoms with van der Waals surface area (Å²) in [6.45, 7) is 1.65. The number of alkyl carbamates (subject to hydrolysis) is 1. The van der Waals surface area contributed by atoms with Crippen LogP contribution < -0.4 is 10.6 Å². The first-order chi connectivity index (χ1) is 16.6. The van der Waals surface area contributed by atoms with E-state index in [0.29, 0.717) is 0 Å². The first kappa shape index (κ1) is 26.2. The number of hydrogen-bond acceptors (Lipinski definition) is 6.